The Morgan fingerprint density at radius 2 is 2.12 bits per heavy atom. The number of nitrogens with two attached hydrogens (primary N) is 1. The Balaban J connectivity index is 1.49. The fourth-order valence-corrected chi connectivity index (χ4v) is 4.82. The molecule has 3 saturated heterocycles. The molecule has 1 unspecified atom stereocenters. The van der Waals surface area contributed by atoms with E-state index in [1.165, 1.54) is 0 Å². The molecule has 1 aromatic rings. The van der Waals surface area contributed by atoms with Crippen molar-refractivity contribution in [3.8, 4) is 0 Å². The number of rotatable bonds is 3. The predicted octanol–water partition coefficient (Wildman–Crippen LogP) is 2.06. The highest BCUT2D eigenvalue weighted by Gasteiger charge is 2.64. The van der Waals surface area contributed by atoms with E-state index in [0.29, 0.717) is 12.2 Å². The van der Waals surface area contributed by atoms with Gasteiger partial charge in [0.05, 0.1) is 17.6 Å². The average molecular weight is 328 g/mol. The van der Waals surface area contributed by atoms with Crippen molar-refractivity contribution in [1.82, 2.24) is 4.90 Å². The molecule has 0 aromatic heterocycles. The van der Waals surface area contributed by atoms with Gasteiger partial charge in [0.1, 0.15) is 0 Å². The number of primary amides is 1. The van der Waals surface area contributed by atoms with E-state index in [0.717, 1.165) is 44.3 Å². The van der Waals surface area contributed by atoms with E-state index in [4.69, 9.17) is 10.5 Å². The fraction of sp³-hybridized carbons (Fsp3) is 0.579. The third-order valence-electron chi connectivity index (χ3n) is 5.93. The topological polar surface area (TPSA) is 72.6 Å². The van der Waals surface area contributed by atoms with Crippen LogP contribution in [0.5, 0.6) is 0 Å². The van der Waals surface area contributed by atoms with Gasteiger partial charge in [-0.05, 0) is 50.3 Å². The van der Waals surface area contributed by atoms with Gasteiger partial charge < -0.3 is 15.4 Å². The lowest BCUT2D eigenvalue weighted by Crippen LogP contribution is -2.54. The van der Waals surface area contributed by atoms with Crippen molar-refractivity contribution in [1.29, 1.82) is 0 Å². The van der Waals surface area contributed by atoms with Crippen LogP contribution in [-0.4, -0.2) is 42.0 Å². The summed E-state index contributed by atoms with van der Waals surface area (Å²) in [6.45, 7) is 4.21. The first-order valence-electron chi connectivity index (χ1n) is 8.74. The van der Waals surface area contributed by atoms with Crippen molar-refractivity contribution in [3.05, 3.63) is 35.4 Å². The number of fused-ring (bicyclic) bond motifs is 1. The zero-order valence-electron chi connectivity index (χ0n) is 14.1. The van der Waals surface area contributed by atoms with E-state index in [-0.39, 0.29) is 22.8 Å². The number of carbonyl (C=O) groups excluding carboxylic acids is 2. The van der Waals surface area contributed by atoms with Gasteiger partial charge in [0.25, 0.3) is 0 Å². The number of amides is 2. The van der Waals surface area contributed by atoms with Crippen molar-refractivity contribution in [3.63, 3.8) is 0 Å². The number of hydrogen-bond donors (Lipinski definition) is 1. The number of piperidine rings is 1. The summed E-state index contributed by atoms with van der Waals surface area (Å²) in [6.07, 6.45) is 3.74. The smallest absolute Gasteiger partial charge is 0.248 e. The molecule has 3 aliphatic heterocycles. The largest absolute Gasteiger partial charge is 0.374 e. The molecule has 24 heavy (non-hydrogen) atoms. The van der Waals surface area contributed by atoms with Crippen LogP contribution in [0.2, 0.25) is 0 Å². The number of ether oxygens (including phenoxy) is 1. The highest BCUT2D eigenvalue weighted by Crippen LogP contribution is 2.58. The fourth-order valence-electron chi connectivity index (χ4n) is 4.82. The molecule has 128 valence electrons. The summed E-state index contributed by atoms with van der Waals surface area (Å²) in [5.74, 6) is 0.122. The summed E-state index contributed by atoms with van der Waals surface area (Å²) < 4.78 is 5.78. The lowest BCUT2D eigenvalue weighted by Gasteiger charge is -2.45. The molecule has 4 fully saturated rings. The van der Waals surface area contributed by atoms with Crippen LogP contribution in [0, 0.1) is 5.41 Å². The Hall–Kier alpha value is -1.88. The Bertz CT molecular complexity index is 694. The van der Waals surface area contributed by atoms with Crippen LogP contribution < -0.4 is 5.73 Å². The first-order chi connectivity index (χ1) is 11.4. The number of carbonyl (C=O) groups is 2. The van der Waals surface area contributed by atoms with Crippen molar-refractivity contribution >= 4 is 11.8 Å². The SMILES string of the molecule is CC12CC(C(=O)N3CCCC(c4cccc(C(N)=O)c4)C3)(CO1)C2. The van der Waals surface area contributed by atoms with Gasteiger partial charge in [-0.3, -0.25) is 9.59 Å². The molecule has 3 heterocycles. The summed E-state index contributed by atoms with van der Waals surface area (Å²) in [6, 6.07) is 7.51. The second-order valence-electron chi connectivity index (χ2n) is 7.95. The van der Waals surface area contributed by atoms with Crippen LogP contribution in [0.25, 0.3) is 0 Å². The number of likely N-dealkylation sites (tertiary alicyclic amines) is 1. The quantitative estimate of drug-likeness (QED) is 0.923. The molecule has 1 saturated carbocycles. The molecule has 1 aliphatic carbocycles. The van der Waals surface area contributed by atoms with Crippen LogP contribution in [0.3, 0.4) is 0 Å². The molecular formula is C19H24N2O3. The maximum atomic E-state index is 13.0. The molecule has 5 heteroatoms. The molecule has 5 nitrogen and oxygen atoms in total. The molecule has 5 rings (SSSR count). The van der Waals surface area contributed by atoms with Gasteiger partial charge in [-0.25, -0.2) is 0 Å². The van der Waals surface area contributed by atoms with Crippen molar-refractivity contribution < 1.29 is 14.3 Å². The molecule has 2 N–H and O–H groups in total. The van der Waals surface area contributed by atoms with E-state index in [9.17, 15) is 9.59 Å². The van der Waals surface area contributed by atoms with Crippen LogP contribution in [0.15, 0.2) is 24.3 Å². The predicted molar refractivity (Wildman–Crippen MR) is 89.5 cm³/mol. The molecule has 1 aromatic carbocycles. The van der Waals surface area contributed by atoms with Gasteiger partial charge in [0.2, 0.25) is 11.8 Å². The van der Waals surface area contributed by atoms with Crippen LogP contribution >= 0.6 is 0 Å². The van der Waals surface area contributed by atoms with Gasteiger partial charge in [-0.15, -0.1) is 0 Å². The highest BCUT2D eigenvalue weighted by atomic mass is 16.5. The summed E-state index contributed by atoms with van der Waals surface area (Å²) in [5, 5.41) is 0. The van der Waals surface area contributed by atoms with Crippen molar-refractivity contribution in [2.24, 2.45) is 11.1 Å². The molecule has 2 bridgehead atoms. The van der Waals surface area contributed by atoms with Gasteiger partial charge in [-0.2, -0.15) is 0 Å². The molecule has 1 atom stereocenters. The normalized spacial score (nSPS) is 34.7. The summed E-state index contributed by atoms with van der Waals surface area (Å²) in [5.41, 5.74) is 6.68. The zero-order chi connectivity index (χ0) is 16.9. The van der Waals surface area contributed by atoms with Crippen molar-refractivity contribution in [2.45, 2.75) is 44.1 Å². The van der Waals surface area contributed by atoms with E-state index < -0.39 is 5.91 Å². The number of nitrogens with zero attached hydrogens (tertiary/aromatic N) is 1. The monoisotopic (exact) mass is 328 g/mol. The third-order valence-corrected chi connectivity index (χ3v) is 5.93. The Morgan fingerprint density at radius 3 is 2.79 bits per heavy atom. The Labute approximate surface area is 142 Å². The minimum atomic E-state index is -0.406. The maximum Gasteiger partial charge on any atom is 0.248 e. The second-order valence-corrected chi connectivity index (χ2v) is 7.95. The maximum absolute atomic E-state index is 13.0. The Morgan fingerprint density at radius 1 is 1.33 bits per heavy atom. The lowest BCUT2D eigenvalue weighted by molar-refractivity contribution is -0.147. The summed E-state index contributed by atoms with van der Waals surface area (Å²) >= 11 is 0. The minimum Gasteiger partial charge on any atom is -0.374 e. The summed E-state index contributed by atoms with van der Waals surface area (Å²) in [7, 11) is 0. The van der Waals surface area contributed by atoms with Gasteiger partial charge in [0.15, 0.2) is 0 Å². The van der Waals surface area contributed by atoms with Crippen LogP contribution in [0.1, 0.15) is 54.4 Å². The van der Waals surface area contributed by atoms with Gasteiger partial charge >= 0.3 is 0 Å². The molecule has 2 amide bonds. The average Bonchev–Trinajstić information content (AvgIpc) is 3.09. The summed E-state index contributed by atoms with van der Waals surface area (Å²) in [4.78, 5) is 26.4. The minimum absolute atomic E-state index is 0.0688. The first kappa shape index (κ1) is 15.6. The lowest BCUT2D eigenvalue weighted by atomic mass is 9.62. The van der Waals surface area contributed by atoms with Crippen molar-refractivity contribution in [2.75, 3.05) is 19.7 Å². The molecule has 4 aliphatic rings. The second kappa shape index (κ2) is 5.31. The Kier molecular flexibility index (Phi) is 3.46. The third kappa shape index (κ3) is 2.42. The standard InChI is InChI=1S/C19H24N2O3/c1-18-10-19(11-18,12-24-18)17(23)21-7-3-6-15(9-21)13-4-2-5-14(8-13)16(20)22/h2,4-5,8,15H,3,6-7,9-12H2,1H3,(H2,20,22). The van der Waals surface area contributed by atoms with E-state index in [2.05, 4.69) is 6.92 Å². The number of hydrogen-bond acceptors (Lipinski definition) is 3. The molecular weight excluding hydrogens is 304 g/mol. The molecule has 0 spiro atoms. The van der Waals surface area contributed by atoms with E-state index in [1.807, 2.05) is 23.1 Å². The van der Waals surface area contributed by atoms with E-state index in [1.54, 1.807) is 6.07 Å². The van der Waals surface area contributed by atoms with Crippen LogP contribution in [0.4, 0.5) is 0 Å². The zero-order valence-corrected chi connectivity index (χ0v) is 14.1. The number of benzene rings is 1. The first-order valence-corrected chi connectivity index (χ1v) is 8.74. The van der Waals surface area contributed by atoms with Gasteiger partial charge in [0, 0.05) is 24.6 Å². The molecule has 0 radical (unpaired) electrons. The van der Waals surface area contributed by atoms with E-state index >= 15 is 0 Å². The van der Waals surface area contributed by atoms with Crippen LogP contribution in [-0.2, 0) is 9.53 Å². The highest BCUT2D eigenvalue weighted by molar-refractivity contribution is 5.93. The van der Waals surface area contributed by atoms with Gasteiger partial charge in [-0.1, -0.05) is 12.1 Å².